The number of halogens is 2. The maximum atomic E-state index is 12.7. The molecule has 11 heteroatoms. The number of sulfonamides is 1. The molecule has 2 aromatic rings. The van der Waals surface area contributed by atoms with Gasteiger partial charge in [-0.3, -0.25) is 0 Å². The molecule has 1 heterocycles. The molecule has 0 radical (unpaired) electrons. The Balaban J connectivity index is 1.46. The van der Waals surface area contributed by atoms with Crippen molar-refractivity contribution >= 4 is 33.2 Å². The number of nitrogens with one attached hydrogen (secondary N) is 1. The molecule has 1 fully saturated rings. The Hall–Kier alpha value is -1.75. The topological polar surface area (TPSA) is 97.3 Å². The van der Waals surface area contributed by atoms with Crippen LogP contribution in [-0.2, 0) is 10.0 Å². The van der Waals surface area contributed by atoms with Gasteiger partial charge in [0, 0.05) is 38.3 Å². The number of ether oxygens (including phenoxy) is 3. The van der Waals surface area contributed by atoms with Gasteiger partial charge in [0.25, 0.3) is 0 Å². The molecule has 2 N–H and O–H groups in total. The summed E-state index contributed by atoms with van der Waals surface area (Å²) in [6.45, 7) is 1.68. The summed E-state index contributed by atoms with van der Waals surface area (Å²) in [5.74, 6) is 1.32. The van der Waals surface area contributed by atoms with Crippen LogP contribution in [0.1, 0.15) is 12.8 Å². The molecule has 1 atom stereocenters. The molecule has 0 aliphatic carbocycles. The van der Waals surface area contributed by atoms with Crippen molar-refractivity contribution < 1.29 is 27.7 Å². The molecule has 3 rings (SSSR count). The van der Waals surface area contributed by atoms with Gasteiger partial charge in [0.05, 0.1) is 30.4 Å². The lowest BCUT2D eigenvalue weighted by Crippen LogP contribution is -2.45. The fourth-order valence-electron chi connectivity index (χ4n) is 3.60. The van der Waals surface area contributed by atoms with Crippen LogP contribution in [0.2, 0.25) is 10.0 Å². The highest BCUT2D eigenvalue weighted by Gasteiger charge is 2.25. The number of nitrogens with zero attached hydrogens (tertiary/aromatic N) is 1. The van der Waals surface area contributed by atoms with Gasteiger partial charge in [-0.2, -0.15) is 0 Å². The number of β-amino-alcohol motifs (C(OH)–C–C–N with tert-alkyl or cyclic N) is 1. The first-order chi connectivity index (χ1) is 15.7. The Morgan fingerprint density at radius 2 is 1.76 bits per heavy atom. The van der Waals surface area contributed by atoms with Crippen molar-refractivity contribution in [2.75, 3.05) is 40.4 Å². The monoisotopic (exact) mass is 518 g/mol. The van der Waals surface area contributed by atoms with Crippen molar-refractivity contribution in [2.24, 2.45) is 0 Å². The Morgan fingerprint density at radius 1 is 1.06 bits per heavy atom. The average molecular weight is 519 g/mol. The second-order valence-electron chi connectivity index (χ2n) is 7.72. The molecule has 0 unspecified atom stereocenters. The average Bonchev–Trinajstić information content (AvgIpc) is 2.81. The second-order valence-corrected chi connectivity index (χ2v) is 10.3. The van der Waals surface area contributed by atoms with Crippen LogP contribution in [0.4, 0.5) is 0 Å². The van der Waals surface area contributed by atoms with Crippen LogP contribution in [0, 0.1) is 0 Å². The third kappa shape index (κ3) is 7.11. The minimum Gasteiger partial charge on any atom is -0.497 e. The number of rotatable bonds is 10. The van der Waals surface area contributed by atoms with Crippen molar-refractivity contribution in [1.82, 2.24) is 9.62 Å². The van der Waals surface area contributed by atoms with Gasteiger partial charge in [-0.1, -0.05) is 23.2 Å². The standard InChI is InChI=1S/C22H28Cl2N2O6S/c1-30-17-4-6-22(21(12-17)31-2)33(28,29)25-13-15(27)14-26-9-7-16(8-10-26)32-18-3-5-19(23)20(24)11-18/h3-6,11-12,15-16,25,27H,7-10,13-14H2,1-2H3/t15-/m0/s1. The minimum absolute atomic E-state index is 0.0155. The van der Waals surface area contributed by atoms with Crippen molar-refractivity contribution in [3.63, 3.8) is 0 Å². The van der Waals surface area contributed by atoms with Crippen molar-refractivity contribution in [3.05, 3.63) is 46.4 Å². The molecule has 0 saturated carbocycles. The molecule has 0 bridgehead atoms. The second kappa shape index (κ2) is 11.6. The zero-order valence-corrected chi connectivity index (χ0v) is 20.8. The number of aliphatic hydroxyl groups is 1. The molecule has 2 aromatic carbocycles. The molecule has 0 aromatic heterocycles. The van der Waals surface area contributed by atoms with Crippen molar-refractivity contribution in [2.45, 2.75) is 29.9 Å². The van der Waals surface area contributed by atoms with Gasteiger partial charge >= 0.3 is 0 Å². The number of likely N-dealkylation sites (tertiary alicyclic amines) is 1. The lowest BCUT2D eigenvalue weighted by molar-refractivity contribution is 0.0630. The maximum absolute atomic E-state index is 12.7. The number of benzene rings is 2. The van der Waals surface area contributed by atoms with E-state index in [0.717, 1.165) is 25.9 Å². The fourth-order valence-corrected chi connectivity index (χ4v) is 5.11. The first-order valence-corrected chi connectivity index (χ1v) is 12.7. The normalized spacial score (nSPS) is 16.4. The van der Waals surface area contributed by atoms with Crippen LogP contribution in [-0.4, -0.2) is 71.0 Å². The van der Waals surface area contributed by atoms with Crippen LogP contribution < -0.4 is 18.9 Å². The van der Waals surface area contributed by atoms with Gasteiger partial charge in [0.2, 0.25) is 10.0 Å². The number of hydrogen-bond acceptors (Lipinski definition) is 7. The Kier molecular flexibility index (Phi) is 9.09. The predicted octanol–water partition coefficient (Wildman–Crippen LogP) is 3.19. The van der Waals surface area contributed by atoms with E-state index in [9.17, 15) is 13.5 Å². The quantitative estimate of drug-likeness (QED) is 0.498. The highest BCUT2D eigenvalue weighted by molar-refractivity contribution is 7.89. The zero-order valence-electron chi connectivity index (χ0n) is 18.5. The molecular weight excluding hydrogens is 491 g/mol. The summed E-state index contributed by atoms with van der Waals surface area (Å²) in [4.78, 5) is 2.07. The van der Waals surface area contributed by atoms with E-state index in [1.807, 2.05) is 0 Å². The summed E-state index contributed by atoms with van der Waals surface area (Å²) in [5, 5.41) is 11.3. The lowest BCUT2D eigenvalue weighted by Gasteiger charge is -2.33. The molecular formula is C22H28Cl2N2O6S. The first kappa shape index (κ1) is 25.9. The zero-order chi connectivity index (χ0) is 24.0. The summed E-state index contributed by atoms with van der Waals surface area (Å²) in [7, 11) is -0.991. The van der Waals surface area contributed by atoms with E-state index in [1.54, 1.807) is 18.2 Å². The van der Waals surface area contributed by atoms with E-state index in [1.165, 1.54) is 32.4 Å². The summed E-state index contributed by atoms with van der Waals surface area (Å²) in [6.07, 6.45) is 0.733. The van der Waals surface area contributed by atoms with E-state index >= 15 is 0 Å². The minimum atomic E-state index is -3.86. The Morgan fingerprint density at radius 3 is 2.39 bits per heavy atom. The van der Waals surface area contributed by atoms with Gasteiger partial charge in [-0.15, -0.1) is 0 Å². The predicted molar refractivity (Wildman–Crippen MR) is 127 cm³/mol. The molecule has 0 amide bonds. The SMILES string of the molecule is COc1ccc(S(=O)(=O)NC[C@H](O)CN2CCC(Oc3ccc(Cl)c(Cl)c3)CC2)c(OC)c1. The van der Waals surface area contributed by atoms with E-state index in [4.69, 9.17) is 37.4 Å². The van der Waals surface area contributed by atoms with Gasteiger partial charge < -0.3 is 24.2 Å². The number of hydrogen-bond donors (Lipinski definition) is 2. The fraction of sp³-hybridized carbons (Fsp3) is 0.455. The van der Waals surface area contributed by atoms with Crippen molar-refractivity contribution in [1.29, 1.82) is 0 Å². The Labute approximate surface area is 204 Å². The largest absolute Gasteiger partial charge is 0.497 e. The molecule has 182 valence electrons. The van der Waals surface area contributed by atoms with Crippen LogP contribution >= 0.6 is 23.2 Å². The Bertz CT molecular complexity index is 1050. The smallest absolute Gasteiger partial charge is 0.244 e. The number of aliphatic hydroxyl groups excluding tert-OH is 1. The molecule has 8 nitrogen and oxygen atoms in total. The third-order valence-electron chi connectivity index (χ3n) is 5.37. The number of methoxy groups -OCH3 is 2. The molecule has 1 aliphatic heterocycles. The van der Waals surface area contributed by atoms with Crippen LogP contribution in [0.25, 0.3) is 0 Å². The highest BCUT2D eigenvalue weighted by Crippen LogP contribution is 2.29. The van der Waals surface area contributed by atoms with Gasteiger partial charge in [0.1, 0.15) is 28.2 Å². The molecule has 33 heavy (non-hydrogen) atoms. The van der Waals surface area contributed by atoms with E-state index < -0.39 is 16.1 Å². The third-order valence-corrected chi connectivity index (χ3v) is 7.57. The van der Waals surface area contributed by atoms with Crippen LogP contribution in [0.3, 0.4) is 0 Å². The van der Waals surface area contributed by atoms with Crippen molar-refractivity contribution in [3.8, 4) is 17.2 Å². The molecule has 1 saturated heterocycles. The van der Waals surface area contributed by atoms with Gasteiger partial charge in [-0.25, -0.2) is 13.1 Å². The summed E-state index contributed by atoms with van der Waals surface area (Å²) in [6, 6.07) is 9.63. The first-order valence-electron chi connectivity index (χ1n) is 10.5. The molecule has 1 aliphatic rings. The van der Waals surface area contributed by atoms with E-state index in [0.29, 0.717) is 28.1 Å². The van der Waals surface area contributed by atoms with Gasteiger partial charge in [-0.05, 0) is 37.1 Å². The summed E-state index contributed by atoms with van der Waals surface area (Å²) < 4.78 is 44.1. The number of piperidine rings is 1. The highest BCUT2D eigenvalue weighted by atomic mass is 35.5. The summed E-state index contributed by atoms with van der Waals surface area (Å²) in [5.41, 5.74) is 0. The maximum Gasteiger partial charge on any atom is 0.244 e. The lowest BCUT2D eigenvalue weighted by atomic mass is 10.1. The van der Waals surface area contributed by atoms with E-state index in [-0.39, 0.29) is 23.3 Å². The summed E-state index contributed by atoms with van der Waals surface area (Å²) >= 11 is 12.0. The van der Waals surface area contributed by atoms with Crippen LogP contribution in [0.15, 0.2) is 41.3 Å². The van der Waals surface area contributed by atoms with Gasteiger partial charge in [0.15, 0.2) is 0 Å². The van der Waals surface area contributed by atoms with Crippen LogP contribution in [0.5, 0.6) is 17.2 Å². The molecule has 0 spiro atoms. The van der Waals surface area contributed by atoms with E-state index in [2.05, 4.69) is 9.62 Å².